The Hall–Kier alpha value is -1.05. The summed E-state index contributed by atoms with van der Waals surface area (Å²) in [6.07, 6.45) is 0.811. The first-order valence-electron chi connectivity index (χ1n) is 5.94. The summed E-state index contributed by atoms with van der Waals surface area (Å²) < 4.78 is 19.4. The summed E-state index contributed by atoms with van der Waals surface area (Å²) in [5, 5.41) is 0. The van der Waals surface area contributed by atoms with E-state index in [4.69, 9.17) is 4.74 Å². The number of ether oxygens (including phenoxy) is 1. The molecule has 1 aromatic rings. The van der Waals surface area contributed by atoms with E-state index in [0.717, 1.165) is 16.9 Å². The van der Waals surface area contributed by atoms with E-state index in [1.165, 1.54) is 0 Å². The molecule has 0 fully saturated rings. The van der Waals surface area contributed by atoms with Crippen LogP contribution in [0, 0.1) is 5.82 Å². The summed E-state index contributed by atoms with van der Waals surface area (Å²) in [6, 6.07) is 3.45. The molecule has 0 saturated heterocycles. The molecule has 1 aromatic carbocycles. The van der Waals surface area contributed by atoms with Crippen molar-refractivity contribution in [2.45, 2.75) is 53.1 Å². The summed E-state index contributed by atoms with van der Waals surface area (Å²) in [5.74, 6) is 0.972. The molecule has 0 spiro atoms. The lowest BCUT2D eigenvalue weighted by Gasteiger charge is -2.18. The predicted octanol–water partition coefficient (Wildman–Crippen LogP) is 4.30. The Balaban J connectivity index is 3.19. The van der Waals surface area contributed by atoms with E-state index in [1.54, 1.807) is 6.07 Å². The molecule has 0 aliphatic heterocycles. The molecule has 0 bridgehead atoms. The van der Waals surface area contributed by atoms with Crippen molar-refractivity contribution in [2.24, 2.45) is 0 Å². The Morgan fingerprint density at radius 3 is 2.25 bits per heavy atom. The van der Waals surface area contributed by atoms with Crippen LogP contribution >= 0.6 is 0 Å². The Bertz CT molecular complexity index is 356. The molecule has 0 saturated carbocycles. The van der Waals surface area contributed by atoms with Crippen molar-refractivity contribution in [3.8, 4) is 5.75 Å². The van der Waals surface area contributed by atoms with Gasteiger partial charge in [-0.25, -0.2) is 4.39 Å². The lowest BCUT2D eigenvalue weighted by molar-refractivity contribution is 0.238. The second kappa shape index (κ2) is 5.33. The Morgan fingerprint density at radius 2 is 1.81 bits per heavy atom. The monoisotopic (exact) mass is 224 g/mol. The first kappa shape index (κ1) is 13.0. The minimum Gasteiger partial charge on any atom is -0.491 e. The van der Waals surface area contributed by atoms with Crippen LogP contribution in [0.4, 0.5) is 4.39 Å². The lowest BCUT2D eigenvalue weighted by Crippen LogP contribution is -2.09. The third kappa shape index (κ3) is 2.97. The topological polar surface area (TPSA) is 9.23 Å². The van der Waals surface area contributed by atoms with Gasteiger partial charge in [-0.05, 0) is 49.4 Å². The van der Waals surface area contributed by atoms with Gasteiger partial charge in [0.2, 0.25) is 0 Å². The van der Waals surface area contributed by atoms with Crippen LogP contribution in [0.2, 0.25) is 0 Å². The molecule has 16 heavy (non-hydrogen) atoms. The SMILES string of the molecule is CCc1cc(OC(C)C)c(C(C)C)cc1F. The molecule has 0 aliphatic rings. The van der Waals surface area contributed by atoms with E-state index >= 15 is 0 Å². The number of hydrogen-bond donors (Lipinski definition) is 0. The summed E-state index contributed by atoms with van der Waals surface area (Å²) >= 11 is 0. The van der Waals surface area contributed by atoms with Crippen LogP contribution in [0.25, 0.3) is 0 Å². The van der Waals surface area contributed by atoms with Crippen molar-refractivity contribution in [3.63, 3.8) is 0 Å². The summed E-state index contributed by atoms with van der Waals surface area (Å²) in [5.41, 5.74) is 1.67. The van der Waals surface area contributed by atoms with Gasteiger partial charge in [0, 0.05) is 0 Å². The highest BCUT2D eigenvalue weighted by atomic mass is 19.1. The number of halogens is 1. The molecule has 0 unspecified atom stereocenters. The Labute approximate surface area is 97.6 Å². The highest BCUT2D eigenvalue weighted by molar-refractivity contribution is 5.40. The van der Waals surface area contributed by atoms with Gasteiger partial charge in [0.25, 0.3) is 0 Å². The van der Waals surface area contributed by atoms with Crippen LogP contribution in [-0.4, -0.2) is 6.10 Å². The fraction of sp³-hybridized carbons (Fsp3) is 0.571. The quantitative estimate of drug-likeness (QED) is 0.741. The zero-order valence-electron chi connectivity index (χ0n) is 10.8. The molecular formula is C14H21FO. The van der Waals surface area contributed by atoms with Gasteiger partial charge in [-0.15, -0.1) is 0 Å². The molecule has 2 heteroatoms. The summed E-state index contributed by atoms with van der Waals surface area (Å²) in [4.78, 5) is 0. The number of hydrogen-bond acceptors (Lipinski definition) is 1. The highest BCUT2D eigenvalue weighted by Gasteiger charge is 2.13. The normalized spacial score (nSPS) is 11.2. The van der Waals surface area contributed by atoms with Crippen molar-refractivity contribution >= 4 is 0 Å². The van der Waals surface area contributed by atoms with E-state index in [0.29, 0.717) is 6.42 Å². The van der Waals surface area contributed by atoms with E-state index in [9.17, 15) is 4.39 Å². The van der Waals surface area contributed by atoms with Crippen LogP contribution < -0.4 is 4.74 Å². The number of aryl methyl sites for hydroxylation is 1. The zero-order valence-corrected chi connectivity index (χ0v) is 10.8. The van der Waals surface area contributed by atoms with E-state index in [1.807, 2.05) is 40.7 Å². The first-order chi connectivity index (χ1) is 7.45. The molecule has 0 atom stereocenters. The average Bonchev–Trinajstić information content (AvgIpc) is 2.19. The van der Waals surface area contributed by atoms with E-state index in [-0.39, 0.29) is 17.8 Å². The summed E-state index contributed by atoms with van der Waals surface area (Å²) in [7, 11) is 0. The molecule has 0 aliphatic carbocycles. The highest BCUT2D eigenvalue weighted by Crippen LogP contribution is 2.30. The molecule has 0 radical (unpaired) electrons. The van der Waals surface area contributed by atoms with E-state index < -0.39 is 0 Å². The molecule has 0 amide bonds. The smallest absolute Gasteiger partial charge is 0.126 e. The maximum Gasteiger partial charge on any atom is 0.126 e. The van der Waals surface area contributed by atoms with Crippen LogP contribution in [0.3, 0.4) is 0 Å². The maximum absolute atomic E-state index is 13.7. The van der Waals surface area contributed by atoms with Gasteiger partial charge in [0.15, 0.2) is 0 Å². The Kier molecular flexibility index (Phi) is 4.34. The Morgan fingerprint density at radius 1 is 1.19 bits per heavy atom. The van der Waals surface area contributed by atoms with Crippen molar-refractivity contribution in [1.29, 1.82) is 0 Å². The fourth-order valence-electron chi connectivity index (χ4n) is 1.69. The second-order valence-electron chi connectivity index (χ2n) is 4.66. The van der Waals surface area contributed by atoms with Crippen LogP contribution in [0.15, 0.2) is 12.1 Å². The molecule has 0 heterocycles. The molecule has 1 rings (SSSR count). The molecular weight excluding hydrogens is 203 g/mol. The van der Waals surface area contributed by atoms with Crippen molar-refractivity contribution in [2.75, 3.05) is 0 Å². The van der Waals surface area contributed by atoms with Gasteiger partial charge >= 0.3 is 0 Å². The van der Waals surface area contributed by atoms with E-state index in [2.05, 4.69) is 0 Å². The standard InChI is InChI=1S/C14H21FO/c1-6-11-7-14(16-10(4)5)12(9(2)3)8-13(11)15/h7-10H,6H2,1-5H3. The van der Waals surface area contributed by atoms with Crippen LogP contribution in [0.5, 0.6) is 5.75 Å². The molecule has 0 N–H and O–H groups in total. The van der Waals surface area contributed by atoms with Gasteiger partial charge in [-0.1, -0.05) is 20.8 Å². The number of rotatable bonds is 4. The van der Waals surface area contributed by atoms with Crippen molar-refractivity contribution in [3.05, 3.63) is 29.1 Å². The van der Waals surface area contributed by atoms with Crippen LogP contribution in [-0.2, 0) is 6.42 Å². The van der Waals surface area contributed by atoms with Gasteiger partial charge in [0.05, 0.1) is 6.10 Å². The number of benzene rings is 1. The first-order valence-corrected chi connectivity index (χ1v) is 5.94. The van der Waals surface area contributed by atoms with Crippen molar-refractivity contribution in [1.82, 2.24) is 0 Å². The van der Waals surface area contributed by atoms with Gasteiger partial charge in [-0.2, -0.15) is 0 Å². The zero-order chi connectivity index (χ0) is 12.3. The molecule has 0 aromatic heterocycles. The lowest BCUT2D eigenvalue weighted by atomic mass is 9.99. The summed E-state index contributed by atoms with van der Waals surface area (Å²) in [6.45, 7) is 10.0. The maximum atomic E-state index is 13.7. The van der Waals surface area contributed by atoms with Gasteiger partial charge < -0.3 is 4.74 Å². The largest absolute Gasteiger partial charge is 0.491 e. The van der Waals surface area contributed by atoms with Gasteiger partial charge in [0.1, 0.15) is 11.6 Å². The average molecular weight is 224 g/mol. The minimum absolute atomic E-state index is 0.118. The molecule has 90 valence electrons. The fourth-order valence-corrected chi connectivity index (χ4v) is 1.69. The molecule has 1 nitrogen and oxygen atoms in total. The van der Waals surface area contributed by atoms with Crippen molar-refractivity contribution < 1.29 is 9.13 Å². The predicted molar refractivity (Wildman–Crippen MR) is 65.6 cm³/mol. The third-order valence-electron chi connectivity index (χ3n) is 2.54. The van der Waals surface area contributed by atoms with Gasteiger partial charge in [-0.3, -0.25) is 0 Å². The second-order valence-corrected chi connectivity index (χ2v) is 4.66. The third-order valence-corrected chi connectivity index (χ3v) is 2.54. The van der Waals surface area contributed by atoms with Crippen LogP contribution in [0.1, 0.15) is 51.7 Å². The minimum atomic E-state index is -0.123.